The maximum absolute atomic E-state index is 13.1. The Morgan fingerprint density at radius 2 is 2.00 bits per heavy atom. The van der Waals surface area contributed by atoms with E-state index in [1.807, 2.05) is 6.07 Å². The van der Waals surface area contributed by atoms with Gasteiger partial charge in [0.05, 0.1) is 6.10 Å². The SMILES string of the molecule is CC1(C(O)Cc2cccc(F)c2)CCCCC1. The van der Waals surface area contributed by atoms with E-state index in [1.54, 1.807) is 6.07 Å². The van der Waals surface area contributed by atoms with Crippen LogP contribution in [0.3, 0.4) is 0 Å². The Balaban J connectivity index is 2.02. The van der Waals surface area contributed by atoms with Crippen molar-refractivity contribution in [3.8, 4) is 0 Å². The van der Waals surface area contributed by atoms with Crippen LogP contribution in [-0.4, -0.2) is 11.2 Å². The van der Waals surface area contributed by atoms with Crippen LogP contribution >= 0.6 is 0 Å². The van der Waals surface area contributed by atoms with E-state index in [2.05, 4.69) is 6.92 Å². The van der Waals surface area contributed by atoms with Crippen LogP contribution in [0.1, 0.15) is 44.6 Å². The number of aliphatic hydroxyl groups excluding tert-OH is 1. The lowest BCUT2D eigenvalue weighted by Crippen LogP contribution is -2.35. The maximum atomic E-state index is 13.1. The van der Waals surface area contributed by atoms with E-state index in [-0.39, 0.29) is 17.3 Å². The van der Waals surface area contributed by atoms with Gasteiger partial charge < -0.3 is 5.11 Å². The van der Waals surface area contributed by atoms with E-state index >= 15 is 0 Å². The van der Waals surface area contributed by atoms with Crippen molar-refractivity contribution in [1.29, 1.82) is 0 Å². The van der Waals surface area contributed by atoms with Gasteiger partial charge in [-0.3, -0.25) is 0 Å². The van der Waals surface area contributed by atoms with E-state index in [0.29, 0.717) is 6.42 Å². The van der Waals surface area contributed by atoms with Crippen LogP contribution in [0.5, 0.6) is 0 Å². The zero-order valence-corrected chi connectivity index (χ0v) is 10.5. The molecule has 0 radical (unpaired) electrons. The fraction of sp³-hybridized carbons (Fsp3) is 0.600. The molecule has 0 saturated heterocycles. The molecule has 0 spiro atoms. The highest BCUT2D eigenvalue weighted by atomic mass is 19.1. The lowest BCUT2D eigenvalue weighted by molar-refractivity contribution is 0.0104. The van der Waals surface area contributed by atoms with Gasteiger partial charge in [0.2, 0.25) is 0 Å². The van der Waals surface area contributed by atoms with Crippen LogP contribution in [0.2, 0.25) is 0 Å². The molecule has 1 saturated carbocycles. The highest BCUT2D eigenvalue weighted by Gasteiger charge is 2.34. The topological polar surface area (TPSA) is 20.2 Å². The first-order valence-corrected chi connectivity index (χ1v) is 6.53. The molecule has 1 atom stereocenters. The third kappa shape index (κ3) is 3.06. The predicted molar refractivity (Wildman–Crippen MR) is 67.3 cm³/mol. The first-order valence-electron chi connectivity index (χ1n) is 6.53. The summed E-state index contributed by atoms with van der Waals surface area (Å²) in [5.41, 5.74) is 0.911. The van der Waals surface area contributed by atoms with Crippen molar-refractivity contribution >= 4 is 0 Å². The predicted octanol–water partition coefficient (Wildman–Crippen LogP) is 3.70. The van der Waals surface area contributed by atoms with E-state index in [9.17, 15) is 9.50 Å². The fourth-order valence-electron chi connectivity index (χ4n) is 2.83. The minimum absolute atomic E-state index is 0.0184. The molecule has 0 heterocycles. The number of hydrogen-bond donors (Lipinski definition) is 1. The van der Waals surface area contributed by atoms with Crippen molar-refractivity contribution < 1.29 is 9.50 Å². The van der Waals surface area contributed by atoms with Gasteiger partial charge in [0.25, 0.3) is 0 Å². The van der Waals surface area contributed by atoms with Gasteiger partial charge in [0.1, 0.15) is 5.82 Å². The number of hydrogen-bond acceptors (Lipinski definition) is 1. The van der Waals surface area contributed by atoms with Crippen LogP contribution in [-0.2, 0) is 6.42 Å². The third-order valence-electron chi connectivity index (χ3n) is 4.12. The standard InChI is InChI=1S/C15H21FO/c1-15(8-3-2-4-9-15)14(17)11-12-6-5-7-13(16)10-12/h5-7,10,14,17H,2-4,8-9,11H2,1H3. The molecular weight excluding hydrogens is 215 g/mol. The second-order valence-electron chi connectivity index (χ2n) is 5.56. The molecule has 1 aromatic carbocycles. The lowest BCUT2D eigenvalue weighted by Gasteiger charge is -2.38. The molecule has 0 amide bonds. The number of aliphatic hydroxyl groups is 1. The van der Waals surface area contributed by atoms with Gasteiger partial charge in [-0.2, -0.15) is 0 Å². The Morgan fingerprint density at radius 3 is 2.65 bits per heavy atom. The Bertz CT molecular complexity index is 369. The van der Waals surface area contributed by atoms with Crippen molar-refractivity contribution in [1.82, 2.24) is 0 Å². The van der Waals surface area contributed by atoms with Crippen molar-refractivity contribution in [2.45, 2.75) is 51.6 Å². The minimum Gasteiger partial charge on any atom is -0.392 e. The zero-order chi connectivity index (χ0) is 12.3. The molecule has 1 fully saturated rings. The van der Waals surface area contributed by atoms with Gasteiger partial charge in [0, 0.05) is 0 Å². The van der Waals surface area contributed by atoms with Crippen LogP contribution < -0.4 is 0 Å². The number of benzene rings is 1. The largest absolute Gasteiger partial charge is 0.392 e. The first-order chi connectivity index (χ1) is 8.10. The molecule has 2 heteroatoms. The molecule has 1 aliphatic carbocycles. The summed E-state index contributed by atoms with van der Waals surface area (Å²) in [4.78, 5) is 0. The van der Waals surface area contributed by atoms with Crippen LogP contribution in [0.4, 0.5) is 4.39 Å². The Morgan fingerprint density at radius 1 is 1.29 bits per heavy atom. The molecule has 1 unspecified atom stereocenters. The van der Waals surface area contributed by atoms with Crippen molar-refractivity contribution in [3.63, 3.8) is 0 Å². The molecule has 0 aliphatic heterocycles. The quantitative estimate of drug-likeness (QED) is 0.848. The van der Waals surface area contributed by atoms with Gasteiger partial charge in [-0.15, -0.1) is 0 Å². The zero-order valence-electron chi connectivity index (χ0n) is 10.5. The van der Waals surface area contributed by atoms with E-state index < -0.39 is 0 Å². The molecule has 1 N–H and O–H groups in total. The summed E-state index contributed by atoms with van der Waals surface area (Å²) in [6.45, 7) is 2.16. The summed E-state index contributed by atoms with van der Waals surface area (Å²) in [5.74, 6) is -0.219. The molecule has 1 aliphatic rings. The Hall–Kier alpha value is -0.890. The summed E-state index contributed by atoms with van der Waals surface area (Å²) in [6, 6.07) is 6.56. The maximum Gasteiger partial charge on any atom is 0.123 e. The number of rotatable bonds is 3. The number of halogens is 1. The average molecular weight is 236 g/mol. The normalized spacial score (nSPS) is 21.1. The summed E-state index contributed by atoms with van der Waals surface area (Å²) >= 11 is 0. The second-order valence-corrected chi connectivity index (χ2v) is 5.56. The Labute approximate surface area is 103 Å². The van der Waals surface area contributed by atoms with Gasteiger partial charge in [-0.1, -0.05) is 38.3 Å². The molecule has 0 aromatic heterocycles. The van der Waals surface area contributed by atoms with E-state index in [0.717, 1.165) is 18.4 Å². The van der Waals surface area contributed by atoms with Crippen LogP contribution in [0.15, 0.2) is 24.3 Å². The minimum atomic E-state index is -0.357. The van der Waals surface area contributed by atoms with Gasteiger partial charge in [0.15, 0.2) is 0 Å². The van der Waals surface area contributed by atoms with E-state index in [4.69, 9.17) is 0 Å². The fourth-order valence-corrected chi connectivity index (χ4v) is 2.83. The molecule has 94 valence electrons. The summed E-state index contributed by atoms with van der Waals surface area (Å²) in [5, 5.41) is 10.4. The molecule has 2 rings (SSSR count). The van der Waals surface area contributed by atoms with Gasteiger partial charge in [-0.25, -0.2) is 4.39 Å². The highest BCUT2D eigenvalue weighted by Crippen LogP contribution is 2.39. The lowest BCUT2D eigenvalue weighted by atomic mass is 9.70. The summed E-state index contributed by atoms with van der Waals surface area (Å²) in [6.07, 6.45) is 6.07. The molecule has 0 bridgehead atoms. The molecule has 1 nitrogen and oxygen atoms in total. The highest BCUT2D eigenvalue weighted by molar-refractivity contribution is 5.17. The van der Waals surface area contributed by atoms with Gasteiger partial charge in [-0.05, 0) is 42.4 Å². The molecule has 1 aromatic rings. The van der Waals surface area contributed by atoms with Crippen molar-refractivity contribution in [2.24, 2.45) is 5.41 Å². The summed E-state index contributed by atoms with van der Waals surface area (Å²) < 4.78 is 13.1. The smallest absolute Gasteiger partial charge is 0.123 e. The van der Waals surface area contributed by atoms with Crippen LogP contribution in [0.25, 0.3) is 0 Å². The summed E-state index contributed by atoms with van der Waals surface area (Å²) in [7, 11) is 0. The van der Waals surface area contributed by atoms with Crippen molar-refractivity contribution in [3.05, 3.63) is 35.6 Å². The monoisotopic (exact) mass is 236 g/mol. The molecule has 17 heavy (non-hydrogen) atoms. The van der Waals surface area contributed by atoms with Crippen LogP contribution in [0, 0.1) is 11.2 Å². The molecular formula is C15H21FO. The van der Waals surface area contributed by atoms with Gasteiger partial charge >= 0.3 is 0 Å². The Kier molecular flexibility index (Phi) is 3.82. The first kappa shape index (κ1) is 12.6. The third-order valence-corrected chi connectivity index (χ3v) is 4.12. The average Bonchev–Trinajstić information content (AvgIpc) is 2.30. The van der Waals surface area contributed by atoms with Crippen molar-refractivity contribution in [2.75, 3.05) is 0 Å². The second kappa shape index (κ2) is 5.18. The van der Waals surface area contributed by atoms with E-state index in [1.165, 1.54) is 31.4 Å².